The average molecular weight is 329 g/mol. The fourth-order valence-electron chi connectivity index (χ4n) is 3.46. The van der Waals surface area contributed by atoms with Crippen LogP contribution in [-0.2, 0) is 0 Å². The second kappa shape index (κ2) is 7.14. The summed E-state index contributed by atoms with van der Waals surface area (Å²) >= 11 is 0. The molecule has 0 saturated heterocycles. The highest BCUT2D eigenvalue weighted by molar-refractivity contribution is 5.82. The Balaban J connectivity index is 2.23. The third-order valence-corrected chi connectivity index (χ3v) is 5.16. The van der Waals surface area contributed by atoms with Crippen molar-refractivity contribution in [1.82, 2.24) is 4.57 Å². The number of aromatic nitrogens is 1. The van der Waals surface area contributed by atoms with Gasteiger partial charge in [0.25, 0.3) is 0 Å². The number of hydrogen-bond acceptors (Lipinski definition) is 0. The molecule has 0 radical (unpaired) electrons. The van der Waals surface area contributed by atoms with Gasteiger partial charge in [-0.1, -0.05) is 49.4 Å². The molecule has 0 aliphatic heterocycles. The van der Waals surface area contributed by atoms with Crippen LogP contribution in [0.5, 0.6) is 0 Å². The maximum atomic E-state index is 2.40. The molecule has 128 valence electrons. The fourth-order valence-corrected chi connectivity index (χ4v) is 3.46. The van der Waals surface area contributed by atoms with Crippen molar-refractivity contribution >= 4 is 11.6 Å². The maximum absolute atomic E-state index is 2.40. The van der Waals surface area contributed by atoms with Crippen molar-refractivity contribution in [1.29, 1.82) is 0 Å². The van der Waals surface area contributed by atoms with E-state index in [-0.39, 0.29) is 0 Å². The first-order chi connectivity index (χ1) is 12.0. The van der Waals surface area contributed by atoms with E-state index in [1.165, 1.54) is 44.9 Å². The van der Waals surface area contributed by atoms with Gasteiger partial charge in [0.2, 0.25) is 0 Å². The molecule has 1 heterocycles. The summed E-state index contributed by atoms with van der Waals surface area (Å²) in [5, 5.41) is 0. The Bertz CT molecular complexity index is 911. The highest BCUT2D eigenvalue weighted by Crippen LogP contribution is 2.30. The lowest BCUT2D eigenvalue weighted by Gasteiger charge is -2.13. The van der Waals surface area contributed by atoms with Crippen LogP contribution in [0.3, 0.4) is 0 Å². The summed E-state index contributed by atoms with van der Waals surface area (Å²) in [4.78, 5) is 0. The first-order valence-electron chi connectivity index (χ1n) is 9.04. The summed E-state index contributed by atoms with van der Waals surface area (Å²) in [6.45, 7) is 11.1. The summed E-state index contributed by atoms with van der Waals surface area (Å²) in [6, 6.07) is 19.4. The highest BCUT2D eigenvalue weighted by atomic mass is 15.0. The van der Waals surface area contributed by atoms with Gasteiger partial charge in [0.05, 0.1) is 0 Å². The van der Waals surface area contributed by atoms with Crippen LogP contribution in [0.25, 0.3) is 17.3 Å². The van der Waals surface area contributed by atoms with E-state index in [9.17, 15) is 0 Å². The second-order valence-electron chi connectivity index (χ2n) is 6.78. The minimum absolute atomic E-state index is 1.01. The van der Waals surface area contributed by atoms with Gasteiger partial charge in [-0.05, 0) is 80.2 Å². The van der Waals surface area contributed by atoms with Crippen molar-refractivity contribution in [3.8, 4) is 5.69 Å². The van der Waals surface area contributed by atoms with Crippen molar-refractivity contribution in [2.75, 3.05) is 0 Å². The molecular formula is C24H27N. The summed E-state index contributed by atoms with van der Waals surface area (Å²) in [7, 11) is 0. The quantitative estimate of drug-likeness (QED) is 0.504. The zero-order valence-corrected chi connectivity index (χ0v) is 15.9. The van der Waals surface area contributed by atoms with Crippen molar-refractivity contribution < 1.29 is 0 Å². The molecule has 1 heteroatoms. The maximum Gasteiger partial charge on any atom is 0.0493 e. The zero-order chi connectivity index (χ0) is 18.0. The molecule has 1 aromatic heterocycles. The Morgan fingerprint density at radius 2 is 1.60 bits per heavy atom. The Morgan fingerprint density at radius 3 is 2.24 bits per heavy atom. The number of benzene rings is 2. The SMILES string of the molecule is CC/C(=C\c1c(C)c(C)c(C)n1-c1cccc(C)c1)c1ccccc1. The van der Waals surface area contributed by atoms with Crippen molar-refractivity contribution in [2.24, 2.45) is 0 Å². The van der Waals surface area contributed by atoms with Gasteiger partial charge < -0.3 is 4.57 Å². The molecular weight excluding hydrogens is 302 g/mol. The first kappa shape index (κ1) is 17.3. The molecule has 0 bridgehead atoms. The molecule has 0 fully saturated rings. The van der Waals surface area contributed by atoms with Crippen LogP contribution in [0, 0.1) is 27.7 Å². The van der Waals surface area contributed by atoms with Crippen LogP contribution >= 0.6 is 0 Å². The standard InChI is InChI=1S/C24H27N/c1-6-21(22-12-8-7-9-13-22)16-24-19(4)18(3)20(5)25(24)23-14-10-11-17(2)15-23/h7-16H,6H2,1-5H3/b21-16+. The zero-order valence-electron chi connectivity index (χ0n) is 15.9. The lowest BCUT2D eigenvalue weighted by Crippen LogP contribution is -2.00. The molecule has 0 saturated carbocycles. The van der Waals surface area contributed by atoms with Gasteiger partial charge in [0, 0.05) is 17.1 Å². The van der Waals surface area contributed by atoms with Crippen LogP contribution in [0.4, 0.5) is 0 Å². The lowest BCUT2D eigenvalue weighted by molar-refractivity contribution is 0.989. The molecule has 0 N–H and O–H groups in total. The van der Waals surface area contributed by atoms with E-state index in [0.717, 1.165) is 6.42 Å². The van der Waals surface area contributed by atoms with E-state index in [1.54, 1.807) is 0 Å². The monoisotopic (exact) mass is 329 g/mol. The van der Waals surface area contributed by atoms with Crippen LogP contribution in [0.2, 0.25) is 0 Å². The molecule has 1 nitrogen and oxygen atoms in total. The van der Waals surface area contributed by atoms with E-state index in [4.69, 9.17) is 0 Å². The van der Waals surface area contributed by atoms with Crippen molar-refractivity contribution in [2.45, 2.75) is 41.0 Å². The lowest BCUT2D eigenvalue weighted by atomic mass is 10.0. The van der Waals surface area contributed by atoms with Gasteiger partial charge in [0.1, 0.15) is 0 Å². The molecule has 0 atom stereocenters. The molecule has 3 aromatic rings. The average Bonchev–Trinajstić information content (AvgIpc) is 2.84. The van der Waals surface area contributed by atoms with E-state index in [0.29, 0.717) is 0 Å². The van der Waals surface area contributed by atoms with E-state index < -0.39 is 0 Å². The van der Waals surface area contributed by atoms with Crippen molar-refractivity contribution in [3.63, 3.8) is 0 Å². The molecule has 3 rings (SSSR count). The second-order valence-corrected chi connectivity index (χ2v) is 6.78. The predicted octanol–water partition coefficient (Wildman–Crippen LogP) is 6.66. The van der Waals surface area contributed by atoms with Gasteiger partial charge in [-0.2, -0.15) is 0 Å². The fraction of sp³-hybridized carbons (Fsp3) is 0.250. The third kappa shape index (κ3) is 3.32. The predicted molar refractivity (Wildman–Crippen MR) is 109 cm³/mol. The largest absolute Gasteiger partial charge is 0.314 e. The summed E-state index contributed by atoms with van der Waals surface area (Å²) < 4.78 is 2.40. The van der Waals surface area contributed by atoms with E-state index in [2.05, 4.69) is 99.9 Å². The van der Waals surface area contributed by atoms with E-state index >= 15 is 0 Å². The normalized spacial score (nSPS) is 11.8. The molecule has 0 aliphatic carbocycles. The Hall–Kier alpha value is -2.54. The molecule has 0 spiro atoms. The van der Waals surface area contributed by atoms with Gasteiger partial charge in [0.15, 0.2) is 0 Å². The van der Waals surface area contributed by atoms with Gasteiger partial charge in [-0.3, -0.25) is 0 Å². The van der Waals surface area contributed by atoms with E-state index in [1.807, 2.05) is 0 Å². The van der Waals surface area contributed by atoms with Gasteiger partial charge >= 0.3 is 0 Å². The number of nitrogens with zero attached hydrogens (tertiary/aromatic N) is 1. The molecule has 0 unspecified atom stereocenters. The molecule has 0 aliphatic rings. The number of aryl methyl sites for hydroxylation is 1. The summed E-state index contributed by atoms with van der Waals surface area (Å²) in [6.07, 6.45) is 3.38. The van der Waals surface area contributed by atoms with Crippen LogP contribution in [0.1, 0.15) is 47.0 Å². The van der Waals surface area contributed by atoms with Gasteiger partial charge in [-0.15, -0.1) is 0 Å². The number of rotatable bonds is 4. The van der Waals surface area contributed by atoms with Crippen LogP contribution in [-0.4, -0.2) is 4.57 Å². The smallest absolute Gasteiger partial charge is 0.0493 e. The minimum Gasteiger partial charge on any atom is -0.314 e. The minimum atomic E-state index is 1.01. The Labute approximate surface area is 151 Å². The van der Waals surface area contributed by atoms with Crippen molar-refractivity contribution in [3.05, 3.63) is 88.2 Å². The molecule has 25 heavy (non-hydrogen) atoms. The third-order valence-electron chi connectivity index (χ3n) is 5.16. The summed E-state index contributed by atoms with van der Waals surface area (Å²) in [5.74, 6) is 0. The highest BCUT2D eigenvalue weighted by Gasteiger charge is 2.15. The first-order valence-corrected chi connectivity index (χ1v) is 9.04. The van der Waals surface area contributed by atoms with Gasteiger partial charge in [-0.25, -0.2) is 0 Å². The summed E-state index contributed by atoms with van der Waals surface area (Å²) in [5.41, 5.74) is 10.5. The molecule has 2 aromatic carbocycles. The number of hydrogen-bond donors (Lipinski definition) is 0. The Morgan fingerprint density at radius 1 is 0.880 bits per heavy atom. The molecule has 0 amide bonds. The number of allylic oxidation sites excluding steroid dienone is 1. The van der Waals surface area contributed by atoms with Crippen LogP contribution < -0.4 is 0 Å². The Kier molecular flexibility index (Phi) is 4.94. The topological polar surface area (TPSA) is 4.93 Å². The van der Waals surface area contributed by atoms with Crippen LogP contribution in [0.15, 0.2) is 54.6 Å².